The average Bonchev–Trinajstić information content (AvgIpc) is 3.02. The molecule has 1 unspecified atom stereocenters. The minimum Gasteiger partial charge on any atom is -0.437 e. The van der Waals surface area contributed by atoms with Crippen molar-refractivity contribution in [3.63, 3.8) is 0 Å². The normalized spacial score (nSPS) is 25.4. The van der Waals surface area contributed by atoms with Crippen molar-refractivity contribution in [3.8, 4) is 0 Å². The van der Waals surface area contributed by atoms with Gasteiger partial charge >= 0.3 is 12.0 Å². The molecular formula is C17H25N3O4. The van der Waals surface area contributed by atoms with E-state index in [0.29, 0.717) is 18.2 Å². The first-order valence-electron chi connectivity index (χ1n) is 8.80. The third-order valence-corrected chi connectivity index (χ3v) is 5.02. The molecule has 2 amide bonds. The highest BCUT2D eigenvalue weighted by molar-refractivity contribution is 5.95. The topological polar surface area (TPSA) is 84.7 Å². The molecule has 0 aromatic carbocycles. The summed E-state index contributed by atoms with van der Waals surface area (Å²) in [6.45, 7) is 3.47. The molecule has 1 aliphatic heterocycles. The lowest BCUT2D eigenvalue weighted by atomic mass is 9.97. The number of nitrogens with zero attached hydrogens (tertiary/aromatic N) is 2. The Morgan fingerprint density at radius 2 is 2.12 bits per heavy atom. The Balaban J connectivity index is 1.86. The van der Waals surface area contributed by atoms with E-state index >= 15 is 0 Å². The fourth-order valence-electron chi connectivity index (χ4n) is 3.72. The van der Waals surface area contributed by atoms with Crippen LogP contribution in [0.5, 0.6) is 0 Å². The Kier molecular flexibility index (Phi) is 4.78. The van der Waals surface area contributed by atoms with Gasteiger partial charge in [0, 0.05) is 25.3 Å². The summed E-state index contributed by atoms with van der Waals surface area (Å²) in [7, 11) is 0. The molecule has 1 aromatic rings. The summed E-state index contributed by atoms with van der Waals surface area (Å²) in [6, 6.07) is 1.51. The van der Waals surface area contributed by atoms with Crippen molar-refractivity contribution in [2.24, 2.45) is 0 Å². The Hall–Kier alpha value is -2.05. The van der Waals surface area contributed by atoms with Gasteiger partial charge in [-0.1, -0.05) is 37.8 Å². The maximum Gasteiger partial charge on any atom is 0.326 e. The van der Waals surface area contributed by atoms with Crippen LogP contribution < -0.4 is 10.2 Å². The second-order valence-corrected chi connectivity index (χ2v) is 6.66. The summed E-state index contributed by atoms with van der Waals surface area (Å²) in [5, 5.41) is 6.85. The standard InChI is InChI=1S/C17H25N3O4/c1-3-17(23-12(2)21)11-18-16(22)20(17)15-10-14(24-19-15)13-8-6-4-5-7-9-13/h10,13H,3-9,11H2,1-2H3,(H,18,22). The smallest absolute Gasteiger partial charge is 0.326 e. The molecule has 7 nitrogen and oxygen atoms in total. The second kappa shape index (κ2) is 6.83. The first kappa shape index (κ1) is 16.8. The van der Waals surface area contributed by atoms with E-state index in [4.69, 9.17) is 9.26 Å². The number of carbonyl (C=O) groups is 2. The van der Waals surface area contributed by atoms with Gasteiger partial charge in [0.15, 0.2) is 5.82 Å². The Morgan fingerprint density at radius 1 is 1.42 bits per heavy atom. The van der Waals surface area contributed by atoms with E-state index in [9.17, 15) is 9.59 Å². The molecule has 0 spiro atoms. The molecule has 0 bridgehead atoms. The zero-order chi connectivity index (χ0) is 17.2. The maximum absolute atomic E-state index is 12.3. The van der Waals surface area contributed by atoms with Crippen molar-refractivity contribution in [3.05, 3.63) is 11.8 Å². The lowest BCUT2D eigenvalue weighted by Crippen LogP contribution is -2.50. The minimum absolute atomic E-state index is 0.244. The van der Waals surface area contributed by atoms with Crippen molar-refractivity contribution in [2.45, 2.75) is 70.4 Å². The van der Waals surface area contributed by atoms with Crippen LogP contribution in [0.2, 0.25) is 0 Å². The quantitative estimate of drug-likeness (QED) is 0.674. The van der Waals surface area contributed by atoms with Gasteiger partial charge in [-0.15, -0.1) is 0 Å². The SMILES string of the molecule is CCC1(OC(C)=O)CNC(=O)N1c1cc(C2CCCCCC2)on1. The predicted octanol–water partition coefficient (Wildman–Crippen LogP) is 3.31. The third-order valence-electron chi connectivity index (χ3n) is 5.02. The molecule has 0 radical (unpaired) electrons. The number of urea groups is 1. The third kappa shape index (κ3) is 3.12. The van der Waals surface area contributed by atoms with Crippen molar-refractivity contribution in [1.82, 2.24) is 10.5 Å². The number of nitrogens with one attached hydrogen (secondary N) is 1. The van der Waals surface area contributed by atoms with Gasteiger partial charge in [0.05, 0.1) is 6.54 Å². The fourth-order valence-corrected chi connectivity index (χ4v) is 3.72. The Labute approximate surface area is 141 Å². The van der Waals surface area contributed by atoms with Crippen LogP contribution >= 0.6 is 0 Å². The summed E-state index contributed by atoms with van der Waals surface area (Å²) < 4.78 is 11.0. The maximum atomic E-state index is 12.3. The molecule has 1 saturated heterocycles. The van der Waals surface area contributed by atoms with Crippen LogP contribution in [0.4, 0.5) is 10.6 Å². The summed E-state index contributed by atoms with van der Waals surface area (Å²) in [5.74, 6) is 1.15. The molecular weight excluding hydrogens is 310 g/mol. The number of hydrogen-bond acceptors (Lipinski definition) is 5. The molecule has 1 aromatic heterocycles. The summed E-state index contributed by atoms with van der Waals surface area (Å²) in [4.78, 5) is 25.2. The zero-order valence-electron chi connectivity index (χ0n) is 14.3. The van der Waals surface area contributed by atoms with Gasteiger partial charge in [-0.3, -0.25) is 4.79 Å². The highest BCUT2D eigenvalue weighted by Crippen LogP contribution is 2.36. The van der Waals surface area contributed by atoms with Crippen molar-refractivity contribution >= 4 is 17.8 Å². The zero-order valence-corrected chi connectivity index (χ0v) is 14.3. The van der Waals surface area contributed by atoms with Crippen LogP contribution in [0.3, 0.4) is 0 Å². The summed E-state index contributed by atoms with van der Waals surface area (Å²) >= 11 is 0. The van der Waals surface area contributed by atoms with Crippen molar-refractivity contribution in [1.29, 1.82) is 0 Å². The van der Waals surface area contributed by atoms with Gasteiger partial charge in [-0.05, 0) is 12.8 Å². The lowest BCUT2D eigenvalue weighted by Gasteiger charge is -2.33. The molecule has 1 N–H and O–H groups in total. The number of amides is 2. The van der Waals surface area contributed by atoms with Crippen LogP contribution in [0.1, 0.15) is 70.5 Å². The molecule has 2 heterocycles. The van der Waals surface area contributed by atoms with E-state index in [-0.39, 0.29) is 12.6 Å². The molecule has 24 heavy (non-hydrogen) atoms. The molecule has 2 fully saturated rings. The van der Waals surface area contributed by atoms with Gasteiger partial charge in [-0.2, -0.15) is 0 Å². The molecule has 7 heteroatoms. The fraction of sp³-hybridized carbons (Fsp3) is 0.706. The van der Waals surface area contributed by atoms with E-state index in [0.717, 1.165) is 18.6 Å². The molecule has 3 rings (SSSR count). The second-order valence-electron chi connectivity index (χ2n) is 6.66. The molecule has 132 valence electrons. The highest BCUT2D eigenvalue weighted by Gasteiger charge is 2.49. The number of carbonyl (C=O) groups excluding carboxylic acids is 2. The van der Waals surface area contributed by atoms with Gasteiger partial charge < -0.3 is 14.6 Å². The monoisotopic (exact) mass is 335 g/mol. The summed E-state index contributed by atoms with van der Waals surface area (Å²) in [6.07, 6.45) is 7.55. The molecule has 1 aliphatic carbocycles. The molecule has 1 saturated carbocycles. The number of rotatable bonds is 4. The van der Waals surface area contributed by atoms with Crippen LogP contribution in [0.15, 0.2) is 10.6 Å². The lowest BCUT2D eigenvalue weighted by molar-refractivity contribution is -0.154. The van der Waals surface area contributed by atoms with Gasteiger partial charge in [0.2, 0.25) is 5.72 Å². The van der Waals surface area contributed by atoms with E-state index in [1.54, 1.807) is 0 Å². The summed E-state index contributed by atoms with van der Waals surface area (Å²) in [5.41, 5.74) is -1.04. The van der Waals surface area contributed by atoms with Gasteiger partial charge in [0.1, 0.15) is 5.76 Å². The van der Waals surface area contributed by atoms with E-state index < -0.39 is 11.7 Å². The van der Waals surface area contributed by atoms with Crippen molar-refractivity contribution in [2.75, 3.05) is 11.4 Å². The Bertz CT molecular complexity index is 607. The first-order valence-corrected chi connectivity index (χ1v) is 8.80. The first-order chi connectivity index (χ1) is 11.6. The number of anilines is 1. The minimum atomic E-state index is -1.04. The number of esters is 1. The van der Waals surface area contributed by atoms with E-state index in [1.807, 2.05) is 13.0 Å². The van der Waals surface area contributed by atoms with Crippen LogP contribution in [0.25, 0.3) is 0 Å². The predicted molar refractivity (Wildman–Crippen MR) is 87.6 cm³/mol. The average molecular weight is 335 g/mol. The van der Waals surface area contributed by atoms with Crippen molar-refractivity contribution < 1.29 is 18.8 Å². The number of hydrogen-bond donors (Lipinski definition) is 1. The molecule has 2 aliphatic rings. The van der Waals surface area contributed by atoms with Crippen LogP contribution in [-0.2, 0) is 9.53 Å². The van der Waals surface area contributed by atoms with Crippen LogP contribution in [-0.4, -0.2) is 29.4 Å². The van der Waals surface area contributed by atoms with E-state index in [1.165, 1.54) is 37.5 Å². The number of aromatic nitrogens is 1. The Morgan fingerprint density at radius 3 is 2.75 bits per heavy atom. The van der Waals surface area contributed by atoms with Gasteiger partial charge in [0.25, 0.3) is 0 Å². The number of ether oxygens (including phenoxy) is 1. The van der Waals surface area contributed by atoms with Gasteiger partial charge in [-0.25, -0.2) is 9.69 Å². The largest absolute Gasteiger partial charge is 0.437 e. The van der Waals surface area contributed by atoms with Crippen LogP contribution in [0, 0.1) is 0 Å². The highest BCUT2D eigenvalue weighted by atomic mass is 16.6. The molecule has 1 atom stereocenters. The van der Waals surface area contributed by atoms with E-state index in [2.05, 4.69) is 10.5 Å².